The topological polar surface area (TPSA) is 58.6 Å². The van der Waals surface area contributed by atoms with Crippen LogP contribution in [0, 0.1) is 0 Å². The number of hydrogen-bond acceptors (Lipinski definition) is 3. The van der Waals surface area contributed by atoms with Gasteiger partial charge >= 0.3 is 0 Å². The van der Waals surface area contributed by atoms with Gasteiger partial charge in [0.1, 0.15) is 12.4 Å². The second kappa shape index (κ2) is 5.22. The molecule has 2 N–H and O–H groups in total. The Hall–Kier alpha value is -1.33. The quantitative estimate of drug-likeness (QED) is 0.889. The lowest BCUT2D eigenvalue weighted by Crippen LogP contribution is -2.56. The van der Waals surface area contributed by atoms with Crippen molar-refractivity contribution in [2.45, 2.75) is 24.8 Å². The molecule has 20 heavy (non-hydrogen) atoms. The molecule has 0 aromatic heterocycles. The molecule has 1 heterocycles. The molecule has 1 amide bonds. The van der Waals surface area contributed by atoms with E-state index in [1.54, 1.807) is 0 Å². The van der Waals surface area contributed by atoms with Crippen molar-refractivity contribution in [1.29, 1.82) is 0 Å². The molecule has 0 atom stereocenters. The van der Waals surface area contributed by atoms with Gasteiger partial charge in [0.2, 0.25) is 0 Å². The first-order chi connectivity index (χ1) is 9.62. The van der Waals surface area contributed by atoms with Crippen LogP contribution in [0.2, 0.25) is 0 Å². The van der Waals surface area contributed by atoms with Crippen molar-refractivity contribution in [2.24, 2.45) is 0 Å². The van der Waals surface area contributed by atoms with Crippen molar-refractivity contribution in [2.75, 3.05) is 13.2 Å². The zero-order chi connectivity index (χ0) is 14.2. The Morgan fingerprint density at radius 3 is 2.90 bits per heavy atom. The molecule has 0 unspecified atom stereocenters. The maximum Gasteiger partial charge on any atom is 0.251 e. The lowest BCUT2D eigenvalue weighted by Gasteiger charge is -2.41. The summed E-state index contributed by atoms with van der Waals surface area (Å²) in [6, 6.07) is 5.71. The van der Waals surface area contributed by atoms with Gasteiger partial charge in [-0.2, -0.15) is 0 Å². The summed E-state index contributed by atoms with van der Waals surface area (Å²) in [6.45, 7) is 0.261. The number of aliphatic hydroxyl groups excluding tert-OH is 1. The Kier molecular flexibility index (Phi) is 3.56. The van der Waals surface area contributed by atoms with Gasteiger partial charge in [0.15, 0.2) is 0 Å². The van der Waals surface area contributed by atoms with Crippen LogP contribution in [0.4, 0.5) is 0 Å². The van der Waals surface area contributed by atoms with Gasteiger partial charge in [0.25, 0.3) is 5.91 Å². The first-order valence-electron chi connectivity index (χ1n) is 6.68. The van der Waals surface area contributed by atoms with Crippen LogP contribution in [0.15, 0.2) is 28.2 Å². The summed E-state index contributed by atoms with van der Waals surface area (Å²) in [5.41, 5.74) is 1.06. The number of rotatable bonds is 3. The monoisotopic (exact) mass is 337 g/mol. The second-order valence-corrected chi connectivity index (χ2v) is 6.30. The highest BCUT2D eigenvalue weighted by Crippen LogP contribution is 2.33. The highest BCUT2D eigenvalue weighted by Gasteiger charge is 2.38. The minimum Gasteiger partial charge on any atom is -0.488 e. The molecule has 1 aliphatic heterocycles. The minimum atomic E-state index is -0.421. The number of hydrogen-bond donors (Lipinski definition) is 2. The van der Waals surface area contributed by atoms with E-state index in [-0.39, 0.29) is 19.1 Å². The Bertz CT molecular complexity index is 573. The van der Waals surface area contributed by atoms with E-state index in [1.807, 2.05) is 24.3 Å². The third-order valence-electron chi connectivity index (χ3n) is 3.97. The van der Waals surface area contributed by atoms with Crippen molar-refractivity contribution in [3.63, 3.8) is 0 Å². The zero-order valence-electron chi connectivity index (χ0n) is 11.0. The number of fused-ring (bicyclic) bond motifs is 1. The number of benzene rings is 1. The van der Waals surface area contributed by atoms with Crippen LogP contribution >= 0.6 is 15.9 Å². The number of carbonyl (C=O) groups excluding carboxylic acids is 1. The molecule has 1 aromatic carbocycles. The van der Waals surface area contributed by atoms with Crippen LogP contribution in [-0.4, -0.2) is 29.8 Å². The lowest BCUT2D eigenvalue weighted by atomic mass is 9.77. The van der Waals surface area contributed by atoms with Gasteiger partial charge in [0, 0.05) is 10.0 Å². The highest BCUT2D eigenvalue weighted by molar-refractivity contribution is 9.10. The molecule has 5 heteroatoms. The molecule has 3 rings (SSSR count). The SMILES string of the molecule is O=C(NC1(CO)CCC1)C1=Cc2cc(Br)ccc2OC1. The minimum absolute atomic E-state index is 0.00495. The Morgan fingerprint density at radius 1 is 1.45 bits per heavy atom. The average Bonchev–Trinajstić information content (AvgIpc) is 2.41. The number of ether oxygens (including phenoxy) is 1. The summed E-state index contributed by atoms with van der Waals surface area (Å²) >= 11 is 3.41. The standard InChI is InChI=1S/C15H16BrNO3/c16-12-2-3-13-10(7-12)6-11(8-20-13)14(19)17-15(9-18)4-1-5-15/h2-3,6-7,18H,1,4-5,8-9H2,(H,17,19). The molecule has 1 saturated carbocycles. The molecule has 0 saturated heterocycles. The van der Waals surface area contributed by atoms with E-state index >= 15 is 0 Å². The second-order valence-electron chi connectivity index (χ2n) is 5.39. The van der Waals surface area contributed by atoms with E-state index in [2.05, 4.69) is 21.2 Å². The van der Waals surface area contributed by atoms with Crippen LogP contribution in [0.5, 0.6) is 5.75 Å². The van der Waals surface area contributed by atoms with Crippen molar-refractivity contribution in [3.05, 3.63) is 33.8 Å². The molecule has 1 aliphatic carbocycles. The predicted molar refractivity (Wildman–Crippen MR) is 79.4 cm³/mol. The number of amides is 1. The van der Waals surface area contributed by atoms with E-state index in [9.17, 15) is 9.90 Å². The third kappa shape index (κ3) is 2.47. The molecule has 0 bridgehead atoms. The number of carbonyl (C=O) groups is 1. The van der Waals surface area contributed by atoms with Crippen molar-refractivity contribution in [1.82, 2.24) is 5.32 Å². The van der Waals surface area contributed by atoms with E-state index in [0.29, 0.717) is 5.57 Å². The maximum absolute atomic E-state index is 12.3. The van der Waals surface area contributed by atoms with Gasteiger partial charge in [-0.1, -0.05) is 15.9 Å². The first-order valence-corrected chi connectivity index (χ1v) is 7.47. The Balaban J connectivity index is 1.79. The summed E-state index contributed by atoms with van der Waals surface area (Å²) in [5, 5.41) is 12.4. The Morgan fingerprint density at radius 2 is 2.25 bits per heavy atom. The fourth-order valence-corrected chi connectivity index (χ4v) is 2.91. The molecule has 1 fully saturated rings. The molecule has 2 aliphatic rings. The maximum atomic E-state index is 12.3. The lowest BCUT2D eigenvalue weighted by molar-refractivity contribution is -0.121. The zero-order valence-corrected chi connectivity index (χ0v) is 12.6. The average molecular weight is 338 g/mol. The van der Waals surface area contributed by atoms with Gasteiger partial charge in [-0.25, -0.2) is 0 Å². The van der Waals surface area contributed by atoms with Crippen LogP contribution in [-0.2, 0) is 4.79 Å². The van der Waals surface area contributed by atoms with Gasteiger partial charge in [-0.05, 0) is 43.5 Å². The van der Waals surface area contributed by atoms with Gasteiger partial charge < -0.3 is 15.2 Å². The molecule has 1 aromatic rings. The van der Waals surface area contributed by atoms with E-state index in [0.717, 1.165) is 35.0 Å². The molecule has 4 nitrogen and oxygen atoms in total. The number of nitrogens with one attached hydrogen (secondary N) is 1. The Labute approximate surface area is 126 Å². The molecular formula is C15H16BrNO3. The summed E-state index contributed by atoms with van der Waals surface area (Å²) in [6.07, 6.45) is 4.58. The third-order valence-corrected chi connectivity index (χ3v) is 4.46. The van der Waals surface area contributed by atoms with Crippen LogP contribution in [0.3, 0.4) is 0 Å². The van der Waals surface area contributed by atoms with Crippen molar-refractivity contribution in [3.8, 4) is 5.75 Å². The summed E-state index contributed by atoms with van der Waals surface area (Å²) in [7, 11) is 0. The predicted octanol–water partition coefficient (Wildman–Crippen LogP) is 2.26. The summed E-state index contributed by atoms with van der Waals surface area (Å²) in [4.78, 5) is 12.3. The van der Waals surface area contributed by atoms with Gasteiger partial charge in [0.05, 0.1) is 17.7 Å². The highest BCUT2D eigenvalue weighted by atomic mass is 79.9. The molecular weight excluding hydrogens is 322 g/mol. The van der Waals surface area contributed by atoms with Crippen molar-refractivity contribution < 1.29 is 14.6 Å². The van der Waals surface area contributed by atoms with Crippen LogP contribution in [0.25, 0.3) is 6.08 Å². The smallest absolute Gasteiger partial charge is 0.251 e. The van der Waals surface area contributed by atoms with Crippen LogP contribution in [0.1, 0.15) is 24.8 Å². The van der Waals surface area contributed by atoms with E-state index in [4.69, 9.17) is 4.74 Å². The fraction of sp³-hybridized carbons (Fsp3) is 0.400. The fourth-order valence-electron chi connectivity index (χ4n) is 2.53. The number of halogens is 1. The largest absolute Gasteiger partial charge is 0.488 e. The van der Waals surface area contributed by atoms with Crippen LogP contribution < -0.4 is 10.1 Å². The van der Waals surface area contributed by atoms with E-state index in [1.165, 1.54) is 0 Å². The molecule has 106 valence electrons. The summed E-state index contributed by atoms with van der Waals surface area (Å²) in [5.74, 6) is 0.634. The number of aliphatic hydroxyl groups is 1. The van der Waals surface area contributed by atoms with Crippen molar-refractivity contribution >= 4 is 27.9 Å². The van der Waals surface area contributed by atoms with Gasteiger partial charge in [-0.3, -0.25) is 4.79 Å². The van der Waals surface area contributed by atoms with Gasteiger partial charge in [-0.15, -0.1) is 0 Å². The molecule has 0 spiro atoms. The van der Waals surface area contributed by atoms with E-state index < -0.39 is 5.54 Å². The summed E-state index contributed by atoms with van der Waals surface area (Å²) < 4.78 is 6.55. The normalized spacial score (nSPS) is 19.2. The first kappa shape index (κ1) is 13.6. The molecule has 0 radical (unpaired) electrons.